The van der Waals surface area contributed by atoms with Crippen molar-refractivity contribution in [3.8, 4) is 0 Å². The first-order chi connectivity index (χ1) is 15.6. The van der Waals surface area contributed by atoms with Crippen LogP contribution in [0.15, 0.2) is 48.5 Å². The topological polar surface area (TPSA) is 123 Å². The lowest BCUT2D eigenvalue weighted by Gasteiger charge is -2.48. The lowest BCUT2D eigenvalue weighted by molar-refractivity contribution is -0.150. The van der Waals surface area contributed by atoms with Crippen molar-refractivity contribution in [3.05, 3.63) is 59.7 Å². The van der Waals surface area contributed by atoms with Gasteiger partial charge in [-0.15, -0.1) is 0 Å². The van der Waals surface area contributed by atoms with Gasteiger partial charge in [-0.25, -0.2) is 9.59 Å². The normalized spacial score (nSPS) is 21.6. The molecule has 2 aliphatic rings. The molecule has 2 saturated heterocycles. The highest BCUT2D eigenvalue weighted by Crippen LogP contribution is 2.48. The maximum atomic E-state index is 13.4. The zero-order valence-electron chi connectivity index (χ0n) is 18.8. The Hall–Kier alpha value is -4.08. The van der Waals surface area contributed by atoms with E-state index in [0.717, 1.165) is 11.4 Å². The van der Waals surface area contributed by atoms with E-state index in [2.05, 4.69) is 21.3 Å². The smallest absolute Gasteiger partial charge is 0.328 e. The predicted molar refractivity (Wildman–Crippen MR) is 123 cm³/mol. The number of hydrogen-bond donors (Lipinski definition) is 4. The van der Waals surface area contributed by atoms with Gasteiger partial charge in [0, 0.05) is 39.6 Å². The summed E-state index contributed by atoms with van der Waals surface area (Å²) in [4.78, 5) is 55.3. The van der Waals surface area contributed by atoms with Gasteiger partial charge in [-0.1, -0.05) is 24.3 Å². The second-order valence-electron chi connectivity index (χ2n) is 8.56. The van der Waals surface area contributed by atoms with Crippen LogP contribution in [0.4, 0.5) is 21.0 Å². The van der Waals surface area contributed by atoms with Gasteiger partial charge in [0.2, 0.25) is 11.8 Å². The molecule has 0 radical (unpaired) electrons. The first kappa shape index (κ1) is 22.1. The van der Waals surface area contributed by atoms with Gasteiger partial charge < -0.3 is 20.4 Å². The molecule has 4 rings (SSSR count). The van der Waals surface area contributed by atoms with E-state index in [1.54, 1.807) is 24.3 Å². The number of amides is 6. The fourth-order valence-corrected chi connectivity index (χ4v) is 4.39. The zero-order valence-corrected chi connectivity index (χ0v) is 18.8. The molecule has 33 heavy (non-hydrogen) atoms. The highest BCUT2D eigenvalue weighted by atomic mass is 16.2. The van der Waals surface area contributed by atoms with Crippen LogP contribution in [-0.2, 0) is 9.59 Å². The van der Waals surface area contributed by atoms with Crippen LogP contribution >= 0.6 is 0 Å². The van der Waals surface area contributed by atoms with Gasteiger partial charge >= 0.3 is 12.1 Å². The number of carbonyl (C=O) groups excluding carboxylic acids is 4. The molecule has 1 spiro atoms. The molecule has 6 amide bonds. The van der Waals surface area contributed by atoms with E-state index in [4.69, 9.17) is 0 Å². The van der Waals surface area contributed by atoms with E-state index < -0.39 is 41.4 Å². The van der Waals surface area contributed by atoms with E-state index >= 15 is 0 Å². The number of nitrogens with one attached hydrogen (secondary N) is 4. The highest BCUT2D eigenvalue weighted by molar-refractivity contribution is 6.21. The quantitative estimate of drug-likeness (QED) is 0.521. The maximum absolute atomic E-state index is 13.4. The molecule has 2 aromatic rings. The fraction of sp³-hybridized carbons (Fsp3) is 0.304. The summed E-state index contributed by atoms with van der Waals surface area (Å²) in [6.07, 6.45) is 0. The average molecular weight is 450 g/mol. The van der Waals surface area contributed by atoms with Crippen LogP contribution in [-0.4, -0.2) is 52.1 Å². The minimum atomic E-state index is -1.85. The fourth-order valence-electron chi connectivity index (χ4n) is 4.39. The lowest BCUT2D eigenvalue weighted by atomic mass is 9.65. The summed E-state index contributed by atoms with van der Waals surface area (Å²) in [5.41, 5.74) is 1.10. The Labute approximate surface area is 191 Å². The molecule has 10 nitrogen and oxygen atoms in total. The number of rotatable bonds is 4. The second kappa shape index (κ2) is 8.12. The van der Waals surface area contributed by atoms with Crippen LogP contribution in [0, 0.1) is 5.41 Å². The third-order valence-corrected chi connectivity index (χ3v) is 6.15. The number of barbiturate groups is 1. The summed E-state index contributed by atoms with van der Waals surface area (Å²) in [5.74, 6) is -1.57. The van der Waals surface area contributed by atoms with E-state index in [1.807, 2.05) is 62.3 Å². The largest absolute Gasteiger partial charge is 0.378 e. The number of anilines is 2. The van der Waals surface area contributed by atoms with E-state index in [0.29, 0.717) is 11.1 Å². The van der Waals surface area contributed by atoms with Gasteiger partial charge in [0.1, 0.15) is 0 Å². The molecule has 4 N–H and O–H groups in total. The van der Waals surface area contributed by atoms with Gasteiger partial charge in [-0.2, -0.15) is 0 Å². The number of benzene rings is 2. The van der Waals surface area contributed by atoms with Crippen molar-refractivity contribution in [2.45, 2.75) is 12.1 Å². The molecular weight excluding hydrogens is 424 g/mol. The van der Waals surface area contributed by atoms with E-state index in [-0.39, 0.29) is 0 Å². The van der Waals surface area contributed by atoms with Crippen molar-refractivity contribution in [2.24, 2.45) is 5.41 Å². The highest BCUT2D eigenvalue weighted by Gasteiger charge is 2.64. The number of carbonyl (C=O) groups is 4. The van der Waals surface area contributed by atoms with Gasteiger partial charge in [-0.3, -0.25) is 20.2 Å². The number of nitrogens with zero attached hydrogens (tertiary/aromatic N) is 2. The molecule has 2 aromatic carbocycles. The van der Waals surface area contributed by atoms with Crippen LogP contribution in [0.1, 0.15) is 23.2 Å². The third kappa shape index (κ3) is 3.63. The van der Waals surface area contributed by atoms with Crippen molar-refractivity contribution in [1.82, 2.24) is 21.3 Å². The molecule has 2 heterocycles. The third-order valence-electron chi connectivity index (χ3n) is 6.15. The predicted octanol–water partition coefficient (Wildman–Crippen LogP) is 1.27. The Bertz CT molecular complexity index is 1030. The number of hydrogen-bond acceptors (Lipinski definition) is 6. The first-order valence-electron chi connectivity index (χ1n) is 10.4. The van der Waals surface area contributed by atoms with E-state index in [1.165, 1.54) is 0 Å². The summed E-state index contributed by atoms with van der Waals surface area (Å²) in [6, 6.07) is 10.9. The van der Waals surface area contributed by atoms with E-state index in [9.17, 15) is 19.2 Å². The Kier molecular flexibility index (Phi) is 5.44. The van der Waals surface area contributed by atoms with Crippen LogP contribution in [0.25, 0.3) is 0 Å². The van der Waals surface area contributed by atoms with Crippen LogP contribution < -0.4 is 31.1 Å². The van der Waals surface area contributed by atoms with Gasteiger partial charge in [0.25, 0.3) is 0 Å². The summed E-state index contributed by atoms with van der Waals surface area (Å²) in [6.45, 7) is 0. The molecule has 0 aromatic heterocycles. The zero-order chi connectivity index (χ0) is 23.9. The molecule has 0 aliphatic carbocycles. The van der Waals surface area contributed by atoms with Crippen LogP contribution in [0.5, 0.6) is 0 Å². The first-order valence-corrected chi connectivity index (χ1v) is 10.4. The maximum Gasteiger partial charge on any atom is 0.328 e. The molecule has 2 atom stereocenters. The van der Waals surface area contributed by atoms with Crippen molar-refractivity contribution in [3.63, 3.8) is 0 Å². The van der Waals surface area contributed by atoms with Crippen LogP contribution in [0.2, 0.25) is 0 Å². The van der Waals surface area contributed by atoms with Gasteiger partial charge in [0.15, 0.2) is 5.41 Å². The standard InChI is InChI=1S/C23H26N6O4/c1-28(2)15-9-5-13(6-10-15)17-23(19(30)26-22(33)27-20(23)31)18(25-21(32)24-17)14-7-11-16(12-8-14)29(3)4/h5-12,17-18H,1-4H3,(H2,24,25,32)(H2,26,27,30,31,33). The Balaban J connectivity index is 1.88. The van der Waals surface area contributed by atoms with Crippen molar-refractivity contribution in [1.29, 1.82) is 0 Å². The van der Waals surface area contributed by atoms with Crippen molar-refractivity contribution < 1.29 is 19.2 Å². The lowest BCUT2D eigenvalue weighted by Crippen LogP contribution is -2.73. The molecule has 0 saturated carbocycles. The molecule has 2 unspecified atom stereocenters. The number of urea groups is 2. The SMILES string of the molecule is CN(C)c1ccc(C2NC(=O)NC(c3ccc(N(C)C)cc3)C23C(=O)NC(=O)NC3=O)cc1. The van der Waals surface area contributed by atoms with Gasteiger partial charge in [-0.05, 0) is 35.4 Å². The number of imide groups is 2. The molecule has 10 heteroatoms. The summed E-state index contributed by atoms with van der Waals surface area (Å²) in [7, 11) is 7.57. The van der Waals surface area contributed by atoms with Crippen molar-refractivity contribution in [2.75, 3.05) is 38.0 Å². The summed E-state index contributed by atoms with van der Waals surface area (Å²) in [5, 5.41) is 9.94. The summed E-state index contributed by atoms with van der Waals surface area (Å²) >= 11 is 0. The average Bonchev–Trinajstić information content (AvgIpc) is 2.77. The van der Waals surface area contributed by atoms with Crippen molar-refractivity contribution >= 4 is 35.3 Å². The van der Waals surface area contributed by atoms with Crippen LogP contribution in [0.3, 0.4) is 0 Å². The minimum absolute atomic E-state index is 0.526. The Morgan fingerprint density at radius 1 is 0.606 bits per heavy atom. The molecule has 2 fully saturated rings. The molecule has 0 bridgehead atoms. The molecule has 172 valence electrons. The molecular formula is C23H26N6O4. The second-order valence-corrected chi connectivity index (χ2v) is 8.56. The van der Waals surface area contributed by atoms with Gasteiger partial charge in [0.05, 0.1) is 12.1 Å². The minimum Gasteiger partial charge on any atom is -0.378 e. The summed E-state index contributed by atoms with van der Waals surface area (Å²) < 4.78 is 0. The molecule has 2 aliphatic heterocycles. The Morgan fingerprint density at radius 2 is 0.970 bits per heavy atom. The Morgan fingerprint density at radius 3 is 1.30 bits per heavy atom. The monoisotopic (exact) mass is 450 g/mol.